The Morgan fingerprint density at radius 2 is 2.09 bits per heavy atom. The van der Waals surface area contributed by atoms with Crippen LogP contribution in [0, 0.1) is 0 Å². The van der Waals surface area contributed by atoms with Crippen molar-refractivity contribution in [2.45, 2.75) is 18.7 Å². The molecular weight excluding hydrogens is 302 g/mol. The maximum absolute atomic E-state index is 12.0. The predicted molar refractivity (Wildman–Crippen MR) is 85.8 cm³/mol. The lowest BCUT2D eigenvalue weighted by Gasteiger charge is -2.24. The number of benzene rings is 1. The molecule has 0 radical (unpaired) electrons. The molecule has 1 aromatic rings. The number of rotatable bonds is 7. The van der Waals surface area contributed by atoms with Crippen molar-refractivity contribution in [1.82, 2.24) is 4.90 Å². The average molecular weight is 323 g/mol. The molecule has 0 saturated carbocycles. The first-order chi connectivity index (χ1) is 10.7. The van der Waals surface area contributed by atoms with Crippen molar-refractivity contribution in [2.24, 2.45) is 0 Å². The minimum Gasteiger partial charge on any atom is -0.465 e. The van der Waals surface area contributed by atoms with Crippen LogP contribution in [0.2, 0.25) is 0 Å². The molecule has 120 valence electrons. The van der Waals surface area contributed by atoms with Crippen LogP contribution in [0.5, 0.6) is 0 Å². The van der Waals surface area contributed by atoms with Crippen LogP contribution in [0.25, 0.3) is 0 Å². The van der Waals surface area contributed by atoms with Gasteiger partial charge < -0.3 is 14.4 Å². The van der Waals surface area contributed by atoms with Gasteiger partial charge >= 0.3 is 5.97 Å². The zero-order chi connectivity index (χ0) is 15.9. The molecule has 0 aliphatic carbocycles. The highest BCUT2D eigenvalue weighted by atomic mass is 32.2. The third-order valence-corrected chi connectivity index (χ3v) is 4.73. The number of thioether (sulfide) groups is 1. The maximum Gasteiger partial charge on any atom is 0.337 e. The van der Waals surface area contributed by atoms with E-state index < -0.39 is 0 Å². The molecule has 1 aliphatic heterocycles. The molecule has 0 spiro atoms. The summed E-state index contributed by atoms with van der Waals surface area (Å²) in [6.45, 7) is 4.01. The minimum atomic E-state index is -0.352. The molecule has 5 nitrogen and oxygen atoms in total. The van der Waals surface area contributed by atoms with Gasteiger partial charge in [-0.05, 0) is 31.0 Å². The van der Waals surface area contributed by atoms with E-state index in [0.29, 0.717) is 31.1 Å². The summed E-state index contributed by atoms with van der Waals surface area (Å²) in [6, 6.07) is 7.25. The van der Waals surface area contributed by atoms with Crippen molar-refractivity contribution in [3.8, 4) is 0 Å². The number of amides is 1. The van der Waals surface area contributed by atoms with Gasteiger partial charge in [-0.15, -0.1) is 11.8 Å². The van der Waals surface area contributed by atoms with E-state index >= 15 is 0 Å². The highest BCUT2D eigenvalue weighted by Gasteiger charge is 2.32. The summed E-state index contributed by atoms with van der Waals surface area (Å²) in [6.07, 6.45) is 0.830. The molecule has 1 fully saturated rings. The number of hydrogen-bond donors (Lipinski definition) is 0. The zero-order valence-electron chi connectivity index (χ0n) is 12.9. The van der Waals surface area contributed by atoms with Crippen LogP contribution in [-0.4, -0.2) is 49.4 Å². The van der Waals surface area contributed by atoms with Crippen LogP contribution < -0.4 is 0 Å². The Kier molecular flexibility index (Phi) is 6.27. The Morgan fingerprint density at radius 1 is 1.36 bits per heavy atom. The number of methoxy groups -OCH3 is 1. The fourth-order valence-corrected chi connectivity index (χ4v) is 3.57. The van der Waals surface area contributed by atoms with Gasteiger partial charge in [-0.1, -0.05) is 12.1 Å². The normalized spacial score (nSPS) is 17.8. The number of ether oxygens (including phenoxy) is 2. The molecule has 1 heterocycles. The molecule has 2 rings (SSSR count). The van der Waals surface area contributed by atoms with E-state index in [9.17, 15) is 9.59 Å². The second-order valence-corrected chi connectivity index (χ2v) is 5.98. The van der Waals surface area contributed by atoms with Crippen LogP contribution in [-0.2, 0) is 14.3 Å². The Labute approximate surface area is 135 Å². The molecule has 22 heavy (non-hydrogen) atoms. The van der Waals surface area contributed by atoms with Gasteiger partial charge in [0.1, 0.15) is 5.37 Å². The van der Waals surface area contributed by atoms with E-state index in [1.165, 1.54) is 7.11 Å². The Bertz CT molecular complexity index is 517. The highest BCUT2D eigenvalue weighted by Crippen LogP contribution is 2.38. The third-order valence-electron chi connectivity index (χ3n) is 3.48. The molecular formula is C16H21NO4S. The lowest BCUT2D eigenvalue weighted by Crippen LogP contribution is -2.29. The minimum absolute atomic E-state index is 0.0147. The Morgan fingerprint density at radius 3 is 2.73 bits per heavy atom. The largest absolute Gasteiger partial charge is 0.465 e. The molecule has 1 amide bonds. The Hall–Kier alpha value is -1.53. The summed E-state index contributed by atoms with van der Waals surface area (Å²) in [7, 11) is 1.36. The molecule has 1 aliphatic rings. The second-order valence-electron chi connectivity index (χ2n) is 4.91. The molecule has 1 saturated heterocycles. The summed E-state index contributed by atoms with van der Waals surface area (Å²) >= 11 is 1.61. The maximum atomic E-state index is 12.0. The van der Waals surface area contributed by atoms with Crippen LogP contribution in [0.4, 0.5) is 0 Å². The predicted octanol–water partition coefficient (Wildman–Crippen LogP) is 2.47. The lowest BCUT2D eigenvalue weighted by atomic mass is 10.1. The number of nitrogens with zero attached hydrogens (tertiary/aromatic N) is 1. The van der Waals surface area contributed by atoms with Crippen LogP contribution >= 0.6 is 11.8 Å². The fourth-order valence-electron chi connectivity index (χ4n) is 2.35. The Balaban J connectivity index is 2.02. The summed E-state index contributed by atoms with van der Waals surface area (Å²) in [5.74, 6) is 0.303. The first-order valence-electron chi connectivity index (χ1n) is 7.34. The fraction of sp³-hybridized carbons (Fsp3) is 0.500. The quantitative estimate of drug-likeness (QED) is 0.570. The first-order valence-corrected chi connectivity index (χ1v) is 8.39. The molecule has 6 heteroatoms. The van der Waals surface area contributed by atoms with Crippen LogP contribution in [0.15, 0.2) is 24.3 Å². The van der Waals surface area contributed by atoms with Crippen molar-refractivity contribution in [3.05, 3.63) is 35.4 Å². The van der Waals surface area contributed by atoms with Crippen molar-refractivity contribution < 1.29 is 19.1 Å². The number of hydrogen-bond acceptors (Lipinski definition) is 5. The number of carbonyl (C=O) groups excluding carboxylic acids is 2. The molecule has 0 N–H and O–H groups in total. The summed E-state index contributed by atoms with van der Waals surface area (Å²) in [5.41, 5.74) is 1.54. The zero-order valence-corrected chi connectivity index (χ0v) is 13.7. The first kappa shape index (κ1) is 16.8. The van der Waals surface area contributed by atoms with E-state index in [-0.39, 0.29) is 17.3 Å². The molecule has 0 bridgehead atoms. The standard InChI is InChI=1S/C16H21NO4S/c1-3-21-10-4-9-17-14(18)11-22-15(17)12-5-7-13(8-6-12)16(19)20-2/h5-8,15H,3-4,9-11H2,1-2H3. The van der Waals surface area contributed by atoms with Gasteiger partial charge in [0.15, 0.2) is 0 Å². The van der Waals surface area contributed by atoms with Gasteiger partial charge in [0.2, 0.25) is 5.91 Å². The second kappa shape index (κ2) is 8.19. The van der Waals surface area contributed by atoms with Gasteiger partial charge in [0.25, 0.3) is 0 Å². The summed E-state index contributed by atoms with van der Waals surface area (Å²) in [4.78, 5) is 25.4. The third kappa shape index (κ3) is 4.01. The van der Waals surface area contributed by atoms with Gasteiger partial charge in [-0.25, -0.2) is 4.79 Å². The van der Waals surface area contributed by atoms with Crippen molar-refractivity contribution in [3.63, 3.8) is 0 Å². The summed E-state index contributed by atoms with van der Waals surface area (Å²) < 4.78 is 10.0. The van der Waals surface area contributed by atoms with Gasteiger partial charge in [-0.3, -0.25) is 4.79 Å². The summed E-state index contributed by atoms with van der Waals surface area (Å²) in [5, 5.41) is 0.0147. The van der Waals surface area contributed by atoms with E-state index in [1.54, 1.807) is 23.9 Å². The van der Waals surface area contributed by atoms with Gasteiger partial charge in [0.05, 0.1) is 18.4 Å². The van der Waals surface area contributed by atoms with E-state index in [4.69, 9.17) is 9.47 Å². The molecule has 0 aromatic heterocycles. The highest BCUT2D eigenvalue weighted by molar-refractivity contribution is 8.00. The van der Waals surface area contributed by atoms with Crippen LogP contribution in [0.1, 0.15) is 34.6 Å². The topological polar surface area (TPSA) is 55.8 Å². The molecule has 1 atom stereocenters. The van der Waals surface area contributed by atoms with Crippen molar-refractivity contribution in [2.75, 3.05) is 32.6 Å². The van der Waals surface area contributed by atoms with E-state index in [1.807, 2.05) is 24.0 Å². The van der Waals surface area contributed by atoms with E-state index in [2.05, 4.69) is 0 Å². The molecule has 1 unspecified atom stereocenters. The lowest BCUT2D eigenvalue weighted by molar-refractivity contribution is -0.128. The smallest absolute Gasteiger partial charge is 0.337 e. The van der Waals surface area contributed by atoms with E-state index in [0.717, 1.165) is 12.0 Å². The SMILES string of the molecule is CCOCCCN1C(=O)CSC1c1ccc(C(=O)OC)cc1. The van der Waals surface area contributed by atoms with Crippen LogP contribution in [0.3, 0.4) is 0 Å². The van der Waals surface area contributed by atoms with Crippen molar-refractivity contribution in [1.29, 1.82) is 0 Å². The van der Waals surface area contributed by atoms with Gasteiger partial charge in [-0.2, -0.15) is 0 Å². The van der Waals surface area contributed by atoms with Gasteiger partial charge in [0, 0.05) is 19.8 Å². The number of esters is 1. The molecule has 1 aromatic carbocycles. The van der Waals surface area contributed by atoms with Crippen molar-refractivity contribution >= 4 is 23.6 Å². The number of carbonyl (C=O) groups is 2. The monoisotopic (exact) mass is 323 g/mol. The average Bonchev–Trinajstić information content (AvgIpc) is 2.92.